The summed E-state index contributed by atoms with van der Waals surface area (Å²) in [4.78, 5) is 0. The number of nitrogens with zero attached hydrogens (tertiary/aromatic N) is 1. The van der Waals surface area contributed by atoms with Gasteiger partial charge in [0.2, 0.25) is 10.0 Å². The SMILES string of the molecule is CS(=O)(=O)N1CC2CC(Oc3ccccc3)CC2C1. The highest BCUT2D eigenvalue weighted by atomic mass is 32.2. The highest BCUT2D eigenvalue weighted by Gasteiger charge is 2.44. The molecule has 4 nitrogen and oxygen atoms in total. The van der Waals surface area contributed by atoms with E-state index in [2.05, 4.69) is 0 Å². The van der Waals surface area contributed by atoms with Crippen LogP contribution in [0, 0.1) is 11.8 Å². The van der Waals surface area contributed by atoms with E-state index in [1.807, 2.05) is 30.3 Å². The van der Waals surface area contributed by atoms with Crippen molar-refractivity contribution in [3.63, 3.8) is 0 Å². The fourth-order valence-electron chi connectivity index (χ4n) is 3.26. The lowest BCUT2D eigenvalue weighted by atomic mass is 10.0. The third-order valence-corrected chi connectivity index (χ3v) is 5.43. The van der Waals surface area contributed by atoms with E-state index in [4.69, 9.17) is 4.74 Å². The predicted molar refractivity (Wildman–Crippen MR) is 73.5 cm³/mol. The van der Waals surface area contributed by atoms with E-state index in [1.54, 1.807) is 4.31 Å². The first-order valence-corrected chi connectivity index (χ1v) is 8.54. The fourth-order valence-corrected chi connectivity index (χ4v) is 4.18. The molecule has 5 heteroatoms. The minimum atomic E-state index is -3.03. The number of hydrogen-bond acceptors (Lipinski definition) is 3. The van der Waals surface area contributed by atoms with Crippen molar-refractivity contribution in [3.8, 4) is 5.75 Å². The van der Waals surface area contributed by atoms with Gasteiger partial charge >= 0.3 is 0 Å². The van der Waals surface area contributed by atoms with Gasteiger partial charge in [0.25, 0.3) is 0 Å². The largest absolute Gasteiger partial charge is 0.490 e. The maximum absolute atomic E-state index is 11.5. The molecule has 0 spiro atoms. The summed E-state index contributed by atoms with van der Waals surface area (Å²) in [7, 11) is -3.03. The van der Waals surface area contributed by atoms with Gasteiger partial charge in [0.1, 0.15) is 5.75 Å². The van der Waals surface area contributed by atoms with Crippen molar-refractivity contribution >= 4 is 10.0 Å². The van der Waals surface area contributed by atoms with Crippen molar-refractivity contribution in [3.05, 3.63) is 30.3 Å². The van der Waals surface area contributed by atoms with Gasteiger partial charge in [-0.15, -0.1) is 0 Å². The van der Waals surface area contributed by atoms with E-state index in [0.29, 0.717) is 24.9 Å². The molecule has 104 valence electrons. The van der Waals surface area contributed by atoms with Gasteiger partial charge in [-0.25, -0.2) is 12.7 Å². The van der Waals surface area contributed by atoms with Crippen LogP contribution in [0.2, 0.25) is 0 Å². The van der Waals surface area contributed by atoms with Crippen molar-refractivity contribution in [2.45, 2.75) is 18.9 Å². The van der Waals surface area contributed by atoms with Crippen molar-refractivity contribution in [2.75, 3.05) is 19.3 Å². The average molecular weight is 281 g/mol. The molecular formula is C14H19NO3S. The van der Waals surface area contributed by atoms with Gasteiger partial charge in [-0.3, -0.25) is 0 Å². The topological polar surface area (TPSA) is 46.6 Å². The van der Waals surface area contributed by atoms with Crippen molar-refractivity contribution in [1.29, 1.82) is 0 Å². The van der Waals surface area contributed by atoms with Crippen LogP contribution in [0.25, 0.3) is 0 Å². The Morgan fingerprint density at radius 2 is 1.68 bits per heavy atom. The number of para-hydroxylation sites is 1. The second-order valence-electron chi connectivity index (χ2n) is 5.62. The Kier molecular flexibility index (Phi) is 3.27. The summed E-state index contributed by atoms with van der Waals surface area (Å²) in [6, 6.07) is 9.85. The first kappa shape index (κ1) is 12.9. The standard InChI is InChI=1S/C14H19NO3S/c1-19(16,17)15-9-11-7-14(8-12(11)10-15)18-13-5-3-2-4-6-13/h2-6,11-12,14H,7-10H2,1H3. The Morgan fingerprint density at radius 1 is 1.11 bits per heavy atom. The molecule has 0 aromatic heterocycles. The maximum atomic E-state index is 11.5. The zero-order chi connectivity index (χ0) is 13.5. The van der Waals surface area contributed by atoms with Gasteiger partial charge in [-0.1, -0.05) is 18.2 Å². The molecule has 0 N–H and O–H groups in total. The summed E-state index contributed by atoms with van der Waals surface area (Å²) >= 11 is 0. The van der Waals surface area contributed by atoms with E-state index in [1.165, 1.54) is 6.26 Å². The molecule has 0 amide bonds. The van der Waals surface area contributed by atoms with Crippen LogP contribution in [0.1, 0.15) is 12.8 Å². The lowest BCUT2D eigenvalue weighted by molar-refractivity contribution is 0.195. The third-order valence-electron chi connectivity index (χ3n) is 4.19. The van der Waals surface area contributed by atoms with Gasteiger partial charge in [-0.2, -0.15) is 0 Å². The summed E-state index contributed by atoms with van der Waals surface area (Å²) in [5, 5.41) is 0. The minimum Gasteiger partial charge on any atom is -0.490 e. The third kappa shape index (κ3) is 2.77. The minimum absolute atomic E-state index is 0.235. The molecule has 0 bridgehead atoms. The second kappa shape index (κ2) is 4.80. The van der Waals surface area contributed by atoms with Gasteiger partial charge in [-0.05, 0) is 36.8 Å². The normalized spacial score (nSPS) is 31.3. The molecule has 1 aliphatic heterocycles. The molecule has 1 saturated carbocycles. The first-order valence-electron chi connectivity index (χ1n) is 6.69. The Labute approximate surface area is 114 Å². The van der Waals surface area contributed by atoms with Gasteiger partial charge in [0.05, 0.1) is 12.4 Å². The Morgan fingerprint density at radius 3 is 2.21 bits per heavy atom. The molecule has 1 aliphatic carbocycles. The van der Waals surface area contributed by atoms with E-state index in [-0.39, 0.29) is 6.10 Å². The summed E-state index contributed by atoms with van der Waals surface area (Å²) < 4.78 is 30.6. The molecular weight excluding hydrogens is 262 g/mol. The van der Waals surface area contributed by atoms with Gasteiger partial charge < -0.3 is 4.74 Å². The number of fused-ring (bicyclic) bond motifs is 1. The molecule has 1 saturated heterocycles. The van der Waals surface area contributed by atoms with Crippen LogP contribution >= 0.6 is 0 Å². The number of rotatable bonds is 3. The molecule has 1 heterocycles. The Bertz CT molecular complexity index is 529. The molecule has 0 radical (unpaired) electrons. The quantitative estimate of drug-likeness (QED) is 0.848. The number of ether oxygens (including phenoxy) is 1. The second-order valence-corrected chi connectivity index (χ2v) is 7.61. The Hall–Kier alpha value is -1.07. The van der Waals surface area contributed by atoms with Crippen molar-refractivity contribution in [1.82, 2.24) is 4.31 Å². The number of benzene rings is 1. The lowest BCUT2D eigenvalue weighted by Gasteiger charge is -2.18. The summed E-state index contributed by atoms with van der Waals surface area (Å²) in [5.74, 6) is 1.83. The van der Waals surface area contributed by atoms with Crippen LogP contribution < -0.4 is 4.74 Å². The van der Waals surface area contributed by atoms with Gasteiger partial charge in [0, 0.05) is 13.1 Å². The van der Waals surface area contributed by atoms with E-state index < -0.39 is 10.0 Å². The van der Waals surface area contributed by atoms with E-state index in [0.717, 1.165) is 18.6 Å². The van der Waals surface area contributed by atoms with Crippen molar-refractivity contribution < 1.29 is 13.2 Å². The maximum Gasteiger partial charge on any atom is 0.211 e. The predicted octanol–water partition coefficient (Wildman–Crippen LogP) is 1.74. The van der Waals surface area contributed by atoms with E-state index >= 15 is 0 Å². The monoisotopic (exact) mass is 281 g/mol. The molecule has 1 aromatic rings. The number of sulfonamides is 1. The van der Waals surface area contributed by atoms with Crippen LogP contribution in [0.5, 0.6) is 5.75 Å². The van der Waals surface area contributed by atoms with Gasteiger partial charge in [0.15, 0.2) is 0 Å². The van der Waals surface area contributed by atoms with E-state index in [9.17, 15) is 8.42 Å². The summed E-state index contributed by atoms with van der Waals surface area (Å²) in [5.41, 5.74) is 0. The highest BCUT2D eigenvalue weighted by molar-refractivity contribution is 7.88. The molecule has 2 fully saturated rings. The smallest absolute Gasteiger partial charge is 0.211 e. The van der Waals surface area contributed by atoms with Crippen LogP contribution in [0.15, 0.2) is 30.3 Å². The highest BCUT2D eigenvalue weighted by Crippen LogP contribution is 2.40. The van der Waals surface area contributed by atoms with Crippen LogP contribution in [-0.2, 0) is 10.0 Å². The molecule has 2 atom stereocenters. The molecule has 2 aliphatic rings. The molecule has 19 heavy (non-hydrogen) atoms. The first-order chi connectivity index (χ1) is 9.02. The van der Waals surface area contributed by atoms with Crippen molar-refractivity contribution in [2.24, 2.45) is 11.8 Å². The van der Waals surface area contributed by atoms with Crippen LogP contribution in [-0.4, -0.2) is 38.2 Å². The zero-order valence-corrected chi connectivity index (χ0v) is 11.8. The van der Waals surface area contributed by atoms with Crippen LogP contribution in [0.3, 0.4) is 0 Å². The summed E-state index contributed by atoms with van der Waals surface area (Å²) in [6.07, 6.45) is 3.46. The number of hydrogen-bond donors (Lipinski definition) is 0. The summed E-state index contributed by atoms with van der Waals surface area (Å²) in [6.45, 7) is 1.33. The molecule has 1 aromatic carbocycles. The molecule has 3 rings (SSSR count). The average Bonchev–Trinajstić information content (AvgIpc) is 2.87. The zero-order valence-electron chi connectivity index (χ0n) is 11.0. The Balaban J connectivity index is 1.60. The molecule has 2 unspecified atom stereocenters. The lowest BCUT2D eigenvalue weighted by Crippen LogP contribution is -2.29. The van der Waals surface area contributed by atoms with Crippen LogP contribution in [0.4, 0.5) is 0 Å². The fraction of sp³-hybridized carbons (Fsp3) is 0.571.